The molecular formula is C17H18O3. The molecule has 0 heterocycles. The minimum Gasteiger partial charge on any atom is -0.497 e. The lowest BCUT2D eigenvalue weighted by molar-refractivity contribution is 0.0726. The molecule has 0 atom stereocenters. The quantitative estimate of drug-likeness (QED) is 0.755. The number of carbonyl (C=O) groups excluding carboxylic acids is 1. The molecule has 0 N–H and O–H groups in total. The third-order valence-electron chi connectivity index (χ3n) is 3.08. The average Bonchev–Trinajstić information content (AvgIpc) is 2.48. The van der Waals surface area contributed by atoms with E-state index in [9.17, 15) is 4.79 Å². The molecule has 0 fully saturated rings. The van der Waals surface area contributed by atoms with Crippen molar-refractivity contribution in [2.24, 2.45) is 0 Å². The van der Waals surface area contributed by atoms with Crippen LogP contribution < -0.4 is 4.74 Å². The summed E-state index contributed by atoms with van der Waals surface area (Å²) in [5, 5.41) is 0. The lowest BCUT2D eigenvalue weighted by atomic mass is 10.1. The third-order valence-corrected chi connectivity index (χ3v) is 3.08. The molecule has 20 heavy (non-hydrogen) atoms. The van der Waals surface area contributed by atoms with Crippen molar-refractivity contribution in [3.63, 3.8) is 0 Å². The van der Waals surface area contributed by atoms with Gasteiger partial charge in [-0.2, -0.15) is 0 Å². The van der Waals surface area contributed by atoms with Crippen molar-refractivity contribution in [1.82, 2.24) is 0 Å². The lowest BCUT2D eigenvalue weighted by Crippen LogP contribution is -2.10. The number of aryl methyl sites for hydroxylation is 1. The van der Waals surface area contributed by atoms with Gasteiger partial charge in [0.2, 0.25) is 0 Å². The summed E-state index contributed by atoms with van der Waals surface area (Å²) in [6.45, 7) is 2.41. The second-order valence-corrected chi connectivity index (χ2v) is 4.58. The summed E-state index contributed by atoms with van der Waals surface area (Å²) in [5.41, 5.74) is 2.68. The van der Waals surface area contributed by atoms with Gasteiger partial charge in [-0.05, 0) is 30.2 Å². The number of ether oxygens (including phenoxy) is 2. The third kappa shape index (κ3) is 3.68. The highest BCUT2D eigenvalue weighted by Crippen LogP contribution is 2.14. The summed E-state index contributed by atoms with van der Waals surface area (Å²) >= 11 is 0. The standard InChI is InChI=1S/C17H18O3/c1-13-6-3-4-9-16(13)17(18)12-20-11-14-7-5-8-15(10-14)19-2/h3-10H,11-12H2,1-2H3. The van der Waals surface area contributed by atoms with Crippen molar-refractivity contribution in [2.45, 2.75) is 13.5 Å². The van der Waals surface area contributed by atoms with E-state index in [2.05, 4.69) is 0 Å². The van der Waals surface area contributed by atoms with E-state index in [0.29, 0.717) is 6.61 Å². The van der Waals surface area contributed by atoms with E-state index in [4.69, 9.17) is 9.47 Å². The first-order valence-corrected chi connectivity index (χ1v) is 6.50. The van der Waals surface area contributed by atoms with Crippen molar-refractivity contribution in [1.29, 1.82) is 0 Å². The Labute approximate surface area is 119 Å². The van der Waals surface area contributed by atoms with Crippen molar-refractivity contribution < 1.29 is 14.3 Å². The topological polar surface area (TPSA) is 35.5 Å². The van der Waals surface area contributed by atoms with Gasteiger partial charge in [0.15, 0.2) is 5.78 Å². The minimum atomic E-state index is 0.00555. The molecule has 0 aromatic heterocycles. The van der Waals surface area contributed by atoms with Crippen molar-refractivity contribution in [2.75, 3.05) is 13.7 Å². The van der Waals surface area contributed by atoms with Crippen molar-refractivity contribution in [3.8, 4) is 5.75 Å². The van der Waals surface area contributed by atoms with Crippen molar-refractivity contribution in [3.05, 3.63) is 65.2 Å². The van der Waals surface area contributed by atoms with E-state index in [-0.39, 0.29) is 12.4 Å². The number of Topliss-reactive ketones (excluding diaryl/α,β-unsaturated/α-hetero) is 1. The normalized spacial score (nSPS) is 10.3. The fraction of sp³-hybridized carbons (Fsp3) is 0.235. The van der Waals surface area contributed by atoms with Crippen LogP contribution in [0.1, 0.15) is 21.5 Å². The number of rotatable bonds is 6. The first-order chi connectivity index (χ1) is 9.70. The number of ketones is 1. The highest BCUT2D eigenvalue weighted by atomic mass is 16.5. The molecule has 0 spiro atoms. The molecule has 0 saturated heterocycles. The van der Waals surface area contributed by atoms with Gasteiger partial charge in [-0.1, -0.05) is 36.4 Å². The first kappa shape index (κ1) is 14.3. The Balaban J connectivity index is 1.89. The van der Waals surface area contributed by atoms with E-state index < -0.39 is 0 Å². The second kappa shape index (κ2) is 6.87. The summed E-state index contributed by atoms with van der Waals surface area (Å²) in [4.78, 5) is 12.0. The highest BCUT2D eigenvalue weighted by molar-refractivity contribution is 5.98. The summed E-state index contributed by atoms with van der Waals surface area (Å²) in [6, 6.07) is 15.2. The minimum absolute atomic E-state index is 0.00555. The molecule has 2 aromatic carbocycles. The van der Waals surface area contributed by atoms with Gasteiger partial charge in [0.1, 0.15) is 12.4 Å². The van der Waals surface area contributed by atoms with Crippen LogP contribution in [0.4, 0.5) is 0 Å². The van der Waals surface area contributed by atoms with Gasteiger partial charge in [0, 0.05) is 5.56 Å². The monoisotopic (exact) mass is 270 g/mol. The number of hydrogen-bond acceptors (Lipinski definition) is 3. The number of hydrogen-bond donors (Lipinski definition) is 0. The van der Waals surface area contributed by atoms with Crippen LogP contribution >= 0.6 is 0 Å². The second-order valence-electron chi connectivity index (χ2n) is 4.58. The molecule has 0 aliphatic carbocycles. The molecule has 0 bridgehead atoms. The lowest BCUT2D eigenvalue weighted by Gasteiger charge is -2.07. The summed E-state index contributed by atoms with van der Waals surface area (Å²) in [6.07, 6.45) is 0. The van der Waals surface area contributed by atoms with Crippen LogP contribution in [0, 0.1) is 6.92 Å². The van der Waals surface area contributed by atoms with E-state index in [1.807, 2.05) is 55.5 Å². The number of benzene rings is 2. The first-order valence-electron chi connectivity index (χ1n) is 6.50. The molecular weight excluding hydrogens is 252 g/mol. The summed E-state index contributed by atoms with van der Waals surface area (Å²) in [5.74, 6) is 0.794. The Hall–Kier alpha value is -2.13. The Morgan fingerprint density at radius 2 is 1.90 bits per heavy atom. The Kier molecular flexibility index (Phi) is 4.91. The van der Waals surface area contributed by atoms with Gasteiger partial charge in [0.05, 0.1) is 13.7 Å². The predicted molar refractivity (Wildman–Crippen MR) is 78.2 cm³/mol. The molecule has 0 saturated carbocycles. The molecule has 0 unspecified atom stereocenters. The molecule has 2 aromatic rings. The van der Waals surface area contributed by atoms with Crippen LogP contribution in [-0.4, -0.2) is 19.5 Å². The van der Waals surface area contributed by atoms with E-state index in [0.717, 1.165) is 22.4 Å². The van der Waals surface area contributed by atoms with E-state index >= 15 is 0 Å². The maximum Gasteiger partial charge on any atom is 0.188 e. The predicted octanol–water partition coefficient (Wildman–Crippen LogP) is 3.40. The Morgan fingerprint density at radius 1 is 1.10 bits per heavy atom. The van der Waals surface area contributed by atoms with Gasteiger partial charge in [-0.15, -0.1) is 0 Å². The molecule has 2 rings (SSSR count). The molecule has 3 heteroatoms. The zero-order chi connectivity index (χ0) is 14.4. The van der Waals surface area contributed by atoms with Crippen LogP contribution in [0.5, 0.6) is 5.75 Å². The molecule has 0 amide bonds. The van der Waals surface area contributed by atoms with Crippen LogP contribution in [0.25, 0.3) is 0 Å². The fourth-order valence-corrected chi connectivity index (χ4v) is 1.99. The Morgan fingerprint density at radius 3 is 2.65 bits per heavy atom. The van der Waals surface area contributed by atoms with Gasteiger partial charge < -0.3 is 9.47 Å². The van der Waals surface area contributed by atoms with Crippen LogP contribution in [-0.2, 0) is 11.3 Å². The largest absolute Gasteiger partial charge is 0.497 e. The van der Waals surface area contributed by atoms with Gasteiger partial charge in [-0.3, -0.25) is 4.79 Å². The Bertz CT molecular complexity index is 590. The van der Waals surface area contributed by atoms with Gasteiger partial charge in [-0.25, -0.2) is 0 Å². The summed E-state index contributed by atoms with van der Waals surface area (Å²) < 4.78 is 10.6. The molecule has 104 valence electrons. The molecule has 0 aliphatic heterocycles. The highest BCUT2D eigenvalue weighted by Gasteiger charge is 2.08. The fourth-order valence-electron chi connectivity index (χ4n) is 1.99. The van der Waals surface area contributed by atoms with E-state index in [1.165, 1.54) is 0 Å². The van der Waals surface area contributed by atoms with E-state index in [1.54, 1.807) is 7.11 Å². The smallest absolute Gasteiger partial charge is 0.188 e. The number of methoxy groups -OCH3 is 1. The molecule has 0 aliphatic rings. The molecule has 0 radical (unpaired) electrons. The molecule has 3 nitrogen and oxygen atoms in total. The maximum absolute atomic E-state index is 12.0. The van der Waals surface area contributed by atoms with Gasteiger partial charge in [0.25, 0.3) is 0 Å². The number of carbonyl (C=O) groups is 1. The van der Waals surface area contributed by atoms with Crippen LogP contribution in [0.2, 0.25) is 0 Å². The maximum atomic E-state index is 12.0. The van der Waals surface area contributed by atoms with Crippen LogP contribution in [0.15, 0.2) is 48.5 Å². The SMILES string of the molecule is COc1cccc(COCC(=O)c2ccccc2C)c1. The zero-order valence-electron chi connectivity index (χ0n) is 11.8. The van der Waals surface area contributed by atoms with Crippen molar-refractivity contribution >= 4 is 5.78 Å². The van der Waals surface area contributed by atoms with Crippen LogP contribution in [0.3, 0.4) is 0 Å². The average molecular weight is 270 g/mol. The zero-order valence-corrected chi connectivity index (χ0v) is 11.8. The van der Waals surface area contributed by atoms with Gasteiger partial charge >= 0.3 is 0 Å². The summed E-state index contributed by atoms with van der Waals surface area (Å²) in [7, 11) is 1.63.